The summed E-state index contributed by atoms with van der Waals surface area (Å²) in [4.78, 5) is 2.30. The Kier molecular flexibility index (Phi) is 4.42. The molecule has 0 radical (unpaired) electrons. The molecule has 134 valence electrons. The number of aromatic nitrogens is 2. The predicted octanol–water partition coefficient (Wildman–Crippen LogP) is 3.65. The third kappa shape index (κ3) is 3.08. The number of phenols is 1. The molecule has 1 aromatic heterocycles. The number of nitrogens with zero attached hydrogens (tertiary/aromatic N) is 3. The number of para-hydroxylation sites is 1. The Hall–Kier alpha value is -2.73. The molecule has 4 rings (SSSR count). The monoisotopic (exact) mass is 352 g/mol. The molecule has 0 bridgehead atoms. The van der Waals surface area contributed by atoms with E-state index in [0.717, 1.165) is 42.5 Å². The van der Waals surface area contributed by atoms with Crippen molar-refractivity contribution < 1.29 is 9.50 Å². The van der Waals surface area contributed by atoms with Crippen molar-refractivity contribution >= 4 is 16.6 Å². The zero-order chi connectivity index (χ0) is 18.1. The second-order valence-electron chi connectivity index (χ2n) is 6.82. The van der Waals surface area contributed by atoms with Crippen LogP contribution in [0.1, 0.15) is 12.8 Å². The Balaban J connectivity index is 1.77. The zero-order valence-electron chi connectivity index (χ0n) is 14.6. The summed E-state index contributed by atoms with van der Waals surface area (Å²) in [5, 5.41) is 24.0. The van der Waals surface area contributed by atoms with E-state index >= 15 is 0 Å². The van der Waals surface area contributed by atoms with Crippen LogP contribution in [0.15, 0.2) is 42.5 Å². The standard InChI is InChI=1S/C20H21FN4O/c1-25-11-5-6-13(12-25)22-20-15-8-3-2-7-14(15)18(23-24-20)16-9-4-10-17(21)19(16)26/h2-4,7-10,13,26H,5-6,11-12H2,1H3,(H,22,24)/t13-/m1/s1. The maximum Gasteiger partial charge on any atom is 0.165 e. The number of hydrogen-bond acceptors (Lipinski definition) is 5. The Bertz CT molecular complexity index is 946. The van der Waals surface area contributed by atoms with Gasteiger partial charge in [0.2, 0.25) is 0 Å². The van der Waals surface area contributed by atoms with Gasteiger partial charge in [-0.3, -0.25) is 0 Å². The molecule has 1 fully saturated rings. The highest BCUT2D eigenvalue weighted by Gasteiger charge is 2.20. The molecule has 0 aliphatic carbocycles. The van der Waals surface area contributed by atoms with E-state index in [1.54, 1.807) is 12.1 Å². The molecule has 3 aromatic rings. The lowest BCUT2D eigenvalue weighted by molar-refractivity contribution is 0.261. The fraction of sp³-hybridized carbons (Fsp3) is 0.300. The van der Waals surface area contributed by atoms with Crippen LogP contribution in [-0.4, -0.2) is 46.4 Å². The number of likely N-dealkylation sites (tertiary alicyclic amines) is 1. The van der Waals surface area contributed by atoms with Gasteiger partial charge in [-0.15, -0.1) is 10.2 Å². The van der Waals surface area contributed by atoms with Gasteiger partial charge in [-0.05, 0) is 38.6 Å². The van der Waals surface area contributed by atoms with Gasteiger partial charge in [-0.25, -0.2) is 4.39 Å². The SMILES string of the molecule is CN1CCC[C@@H](Nc2nnc(-c3cccc(F)c3O)c3ccccc23)C1. The van der Waals surface area contributed by atoms with Gasteiger partial charge in [0.15, 0.2) is 17.4 Å². The van der Waals surface area contributed by atoms with Crippen molar-refractivity contribution in [3.05, 3.63) is 48.3 Å². The van der Waals surface area contributed by atoms with Crippen molar-refractivity contribution in [1.29, 1.82) is 0 Å². The van der Waals surface area contributed by atoms with Gasteiger partial charge in [0.1, 0.15) is 5.69 Å². The van der Waals surface area contributed by atoms with Crippen LogP contribution in [0, 0.1) is 5.82 Å². The molecule has 6 heteroatoms. The Morgan fingerprint density at radius 1 is 1.12 bits per heavy atom. The molecule has 2 heterocycles. The van der Waals surface area contributed by atoms with E-state index < -0.39 is 11.6 Å². The first-order valence-corrected chi connectivity index (χ1v) is 8.82. The molecule has 26 heavy (non-hydrogen) atoms. The van der Waals surface area contributed by atoms with Crippen LogP contribution >= 0.6 is 0 Å². The maximum atomic E-state index is 13.8. The molecule has 1 aliphatic heterocycles. The summed E-state index contributed by atoms with van der Waals surface area (Å²) in [6, 6.07) is 12.5. The van der Waals surface area contributed by atoms with Crippen LogP contribution in [0.2, 0.25) is 0 Å². The summed E-state index contributed by atoms with van der Waals surface area (Å²) in [7, 11) is 2.12. The molecule has 2 N–H and O–H groups in total. The number of piperidine rings is 1. The molecule has 5 nitrogen and oxygen atoms in total. The summed E-state index contributed by atoms with van der Waals surface area (Å²) in [5.41, 5.74) is 0.821. The number of halogens is 1. The lowest BCUT2D eigenvalue weighted by Gasteiger charge is -2.30. The Morgan fingerprint density at radius 2 is 1.92 bits per heavy atom. The first kappa shape index (κ1) is 16.7. The lowest BCUT2D eigenvalue weighted by atomic mass is 10.0. The minimum Gasteiger partial charge on any atom is -0.504 e. The summed E-state index contributed by atoms with van der Waals surface area (Å²) in [6.07, 6.45) is 2.24. The fourth-order valence-electron chi connectivity index (χ4n) is 3.59. The van der Waals surface area contributed by atoms with Crippen LogP contribution in [0.3, 0.4) is 0 Å². The number of benzene rings is 2. The molecule has 1 aliphatic rings. The van der Waals surface area contributed by atoms with Gasteiger partial charge in [0, 0.05) is 28.9 Å². The summed E-state index contributed by atoms with van der Waals surface area (Å²) in [5.74, 6) is -0.345. The number of likely N-dealkylation sites (N-methyl/N-ethyl adjacent to an activating group) is 1. The number of anilines is 1. The molecule has 1 atom stereocenters. The molecular weight excluding hydrogens is 331 g/mol. The van der Waals surface area contributed by atoms with E-state index in [9.17, 15) is 9.50 Å². The number of aromatic hydroxyl groups is 1. The number of hydrogen-bond donors (Lipinski definition) is 2. The van der Waals surface area contributed by atoms with E-state index in [2.05, 4.69) is 27.5 Å². The van der Waals surface area contributed by atoms with E-state index in [1.807, 2.05) is 24.3 Å². The molecule has 0 unspecified atom stereocenters. The summed E-state index contributed by atoms with van der Waals surface area (Å²) in [6.45, 7) is 2.07. The number of phenolic OH excluding ortho intramolecular Hbond substituents is 1. The van der Waals surface area contributed by atoms with Crippen LogP contribution in [0.5, 0.6) is 5.75 Å². The molecule has 0 amide bonds. The predicted molar refractivity (Wildman–Crippen MR) is 101 cm³/mol. The summed E-state index contributed by atoms with van der Waals surface area (Å²) < 4.78 is 13.8. The topological polar surface area (TPSA) is 61.3 Å². The van der Waals surface area contributed by atoms with Crippen molar-refractivity contribution in [3.63, 3.8) is 0 Å². The molecule has 1 saturated heterocycles. The number of rotatable bonds is 3. The lowest BCUT2D eigenvalue weighted by Crippen LogP contribution is -2.40. The van der Waals surface area contributed by atoms with E-state index in [0.29, 0.717) is 17.3 Å². The van der Waals surface area contributed by atoms with Crippen molar-refractivity contribution in [3.8, 4) is 17.0 Å². The van der Waals surface area contributed by atoms with E-state index in [4.69, 9.17) is 0 Å². The largest absolute Gasteiger partial charge is 0.504 e. The average Bonchev–Trinajstić information content (AvgIpc) is 2.65. The third-order valence-electron chi connectivity index (χ3n) is 4.89. The van der Waals surface area contributed by atoms with Crippen LogP contribution in [-0.2, 0) is 0 Å². The van der Waals surface area contributed by atoms with Crippen molar-refractivity contribution in [2.24, 2.45) is 0 Å². The molecule has 2 aromatic carbocycles. The molecular formula is C20H21FN4O. The minimum absolute atomic E-state index is 0.319. The van der Waals surface area contributed by atoms with Gasteiger partial charge in [0.05, 0.1) is 0 Å². The van der Waals surface area contributed by atoms with E-state index in [1.165, 1.54) is 6.07 Å². The molecule has 0 spiro atoms. The number of nitrogens with one attached hydrogen (secondary N) is 1. The first-order valence-electron chi connectivity index (χ1n) is 8.82. The van der Waals surface area contributed by atoms with Gasteiger partial charge < -0.3 is 15.3 Å². The first-order chi connectivity index (χ1) is 12.6. The van der Waals surface area contributed by atoms with Crippen molar-refractivity contribution in [1.82, 2.24) is 15.1 Å². The van der Waals surface area contributed by atoms with Crippen molar-refractivity contribution in [2.45, 2.75) is 18.9 Å². The third-order valence-corrected chi connectivity index (χ3v) is 4.89. The van der Waals surface area contributed by atoms with Gasteiger partial charge >= 0.3 is 0 Å². The average molecular weight is 352 g/mol. The summed E-state index contributed by atoms with van der Waals surface area (Å²) >= 11 is 0. The highest BCUT2D eigenvalue weighted by Crippen LogP contribution is 2.35. The fourth-order valence-corrected chi connectivity index (χ4v) is 3.59. The molecule has 0 saturated carbocycles. The Labute approximate surface area is 151 Å². The van der Waals surface area contributed by atoms with Crippen LogP contribution < -0.4 is 5.32 Å². The van der Waals surface area contributed by atoms with Gasteiger partial charge in [0.25, 0.3) is 0 Å². The highest BCUT2D eigenvalue weighted by atomic mass is 19.1. The maximum absolute atomic E-state index is 13.8. The van der Waals surface area contributed by atoms with E-state index in [-0.39, 0.29) is 0 Å². The number of fused-ring (bicyclic) bond motifs is 1. The Morgan fingerprint density at radius 3 is 2.73 bits per heavy atom. The zero-order valence-corrected chi connectivity index (χ0v) is 14.6. The normalized spacial score (nSPS) is 18.2. The second-order valence-corrected chi connectivity index (χ2v) is 6.82. The van der Waals surface area contributed by atoms with Crippen molar-refractivity contribution in [2.75, 3.05) is 25.5 Å². The van der Waals surface area contributed by atoms with Crippen LogP contribution in [0.25, 0.3) is 22.0 Å². The van der Waals surface area contributed by atoms with Crippen LogP contribution in [0.4, 0.5) is 10.2 Å². The smallest absolute Gasteiger partial charge is 0.165 e. The van der Waals surface area contributed by atoms with Gasteiger partial charge in [-0.2, -0.15) is 0 Å². The quantitative estimate of drug-likeness (QED) is 0.753. The second kappa shape index (κ2) is 6.88. The highest BCUT2D eigenvalue weighted by molar-refractivity contribution is 6.00. The minimum atomic E-state index is -0.666. The van der Waals surface area contributed by atoms with Gasteiger partial charge in [-0.1, -0.05) is 30.3 Å².